The van der Waals surface area contributed by atoms with E-state index in [9.17, 15) is 9.59 Å². The summed E-state index contributed by atoms with van der Waals surface area (Å²) >= 11 is 3.39. The fourth-order valence-electron chi connectivity index (χ4n) is 4.57. The summed E-state index contributed by atoms with van der Waals surface area (Å²) in [6.07, 6.45) is 6.76. The van der Waals surface area contributed by atoms with E-state index in [1.54, 1.807) is 18.3 Å². The van der Waals surface area contributed by atoms with Crippen LogP contribution in [-0.4, -0.2) is 48.0 Å². The van der Waals surface area contributed by atoms with E-state index in [0.717, 1.165) is 55.6 Å². The number of carbonyl (C=O) groups excluding carboxylic acids is 1. The highest BCUT2D eigenvalue weighted by Crippen LogP contribution is 2.38. The third-order valence-electron chi connectivity index (χ3n) is 6.76. The molecule has 0 atom stereocenters. The average Bonchev–Trinajstić information content (AvgIpc) is 3.69. The Morgan fingerprint density at radius 3 is 2.47 bits per heavy atom. The largest absolute Gasteiger partial charge is 0.367 e. The molecule has 7 heteroatoms. The quantitative estimate of drug-likeness (QED) is 0.326. The Morgan fingerprint density at radius 1 is 1.12 bits per heavy atom. The first-order chi connectivity index (χ1) is 16.4. The molecular formula is C27H27BrFN3O2. The molecule has 1 saturated heterocycles. The molecule has 1 saturated carbocycles. The van der Waals surface area contributed by atoms with Crippen LogP contribution in [0.5, 0.6) is 0 Å². The summed E-state index contributed by atoms with van der Waals surface area (Å²) in [6, 6.07) is 10.9. The van der Waals surface area contributed by atoms with Gasteiger partial charge in [0.15, 0.2) is 5.78 Å². The first kappa shape index (κ1) is 23.0. The van der Waals surface area contributed by atoms with Crippen LogP contribution in [-0.2, 0) is 0 Å². The number of piperazine rings is 1. The molecular weight excluding hydrogens is 497 g/mol. The lowest BCUT2D eigenvalue weighted by molar-refractivity contribution is 0.104. The zero-order valence-electron chi connectivity index (χ0n) is 19.1. The van der Waals surface area contributed by atoms with Gasteiger partial charge in [0.1, 0.15) is 5.82 Å². The van der Waals surface area contributed by atoms with Crippen LogP contribution in [0.25, 0.3) is 17.0 Å². The molecule has 0 N–H and O–H groups in total. The maximum Gasteiger partial charge on any atom is 0.200 e. The zero-order valence-corrected chi connectivity index (χ0v) is 20.7. The van der Waals surface area contributed by atoms with Gasteiger partial charge >= 0.3 is 0 Å². The van der Waals surface area contributed by atoms with Gasteiger partial charge in [0.05, 0.1) is 16.8 Å². The van der Waals surface area contributed by atoms with Crippen molar-refractivity contribution in [3.05, 3.63) is 80.3 Å². The molecule has 0 bridgehead atoms. The van der Waals surface area contributed by atoms with Crippen molar-refractivity contribution in [2.24, 2.45) is 0 Å². The van der Waals surface area contributed by atoms with Gasteiger partial charge in [0.2, 0.25) is 5.43 Å². The van der Waals surface area contributed by atoms with Crippen LogP contribution in [0, 0.1) is 5.82 Å². The van der Waals surface area contributed by atoms with E-state index in [2.05, 4.69) is 32.7 Å². The lowest BCUT2D eigenvalue weighted by Gasteiger charge is -2.35. The highest BCUT2D eigenvalue weighted by molar-refractivity contribution is 9.10. The van der Waals surface area contributed by atoms with Gasteiger partial charge in [0.25, 0.3) is 0 Å². The number of pyridine rings is 1. The van der Waals surface area contributed by atoms with Gasteiger partial charge in [0, 0.05) is 48.3 Å². The van der Waals surface area contributed by atoms with Gasteiger partial charge in [-0.2, -0.15) is 0 Å². The van der Waals surface area contributed by atoms with Crippen LogP contribution in [0.2, 0.25) is 0 Å². The van der Waals surface area contributed by atoms with Crippen molar-refractivity contribution in [1.82, 2.24) is 9.47 Å². The number of allylic oxidation sites excluding steroid dienone is 1. The summed E-state index contributed by atoms with van der Waals surface area (Å²) in [5.41, 5.74) is 1.76. The van der Waals surface area contributed by atoms with Gasteiger partial charge in [-0.15, -0.1) is 0 Å². The maximum atomic E-state index is 15.2. The fraction of sp³-hybridized carbons (Fsp3) is 0.333. The molecule has 2 aliphatic rings. The van der Waals surface area contributed by atoms with Crippen molar-refractivity contribution >= 4 is 44.4 Å². The molecule has 34 heavy (non-hydrogen) atoms. The average molecular weight is 524 g/mol. The van der Waals surface area contributed by atoms with E-state index in [4.69, 9.17) is 0 Å². The minimum Gasteiger partial charge on any atom is -0.367 e. The van der Waals surface area contributed by atoms with Crippen LogP contribution in [0.15, 0.2) is 57.9 Å². The Balaban J connectivity index is 1.52. The minimum absolute atomic E-state index is 0.0801. The fourth-order valence-corrected chi connectivity index (χ4v) is 4.84. The Labute approximate surface area is 206 Å². The topological polar surface area (TPSA) is 45.6 Å². The second-order valence-electron chi connectivity index (χ2n) is 9.00. The third-order valence-corrected chi connectivity index (χ3v) is 7.29. The maximum absolute atomic E-state index is 15.2. The van der Waals surface area contributed by atoms with Gasteiger partial charge in [-0.05, 0) is 55.3 Å². The number of carbonyl (C=O) groups is 1. The molecule has 1 aliphatic heterocycles. The summed E-state index contributed by atoms with van der Waals surface area (Å²) in [7, 11) is 0. The van der Waals surface area contributed by atoms with Crippen LogP contribution < -0.4 is 10.3 Å². The van der Waals surface area contributed by atoms with Crippen molar-refractivity contribution in [3.8, 4) is 0 Å². The molecule has 176 valence electrons. The van der Waals surface area contributed by atoms with Crippen molar-refractivity contribution in [2.75, 3.05) is 37.6 Å². The highest BCUT2D eigenvalue weighted by atomic mass is 79.9. The van der Waals surface area contributed by atoms with E-state index in [0.29, 0.717) is 11.2 Å². The molecule has 0 radical (unpaired) electrons. The van der Waals surface area contributed by atoms with Crippen LogP contribution in [0.1, 0.15) is 41.7 Å². The lowest BCUT2D eigenvalue weighted by atomic mass is 10.1. The Kier molecular flexibility index (Phi) is 6.40. The van der Waals surface area contributed by atoms with E-state index >= 15 is 4.39 Å². The van der Waals surface area contributed by atoms with E-state index in [1.165, 1.54) is 12.1 Å². The normalized spacial score (nSPS) is 17.1. The molecule has 2 aromatic carbocycles. The number of benzene rings is 2. The SMILES string of the molecule is CCN1CCN(c2cc3c(cc2F)c(=O)c(C(=O)/C=C/c2ccc(Br)cc2)cn3C2CC2)CC1. The number of fused-ring (bicyclic) bond motifs is 1. The minimum atomic E-state index is -0.418. The molecule has 0 spiro atoms. The first-order valence-electron chi connectivity index (χ1n) is 11.8. The molecule has 2 fully saturated rings. The summed E-state index contributed by atoms with van der Waals surface area (Å²) in [5.74, 6) is -0.781. The standard InChI is InChI=1S/C27H27BrFN3O2/c1-2-30-11-13-31(14-12-30)25-16-24-21(15-23(25)29)27(34)22(17-32(24)20-8-9-20)26(33)10-5-18-3-6-19(28)7-4-18/h3-7,10,15-17,20H,2,8-9,11-14H2,1H3/b10-5+. The Bertz CT molecular complexity index is 1320. The second kappa shape index (κ2) is 9.47. The number of likely N-dealkylation sites (N-methyl/N-ethyl adjacent to an activating group) is 1. The molecule has 5 nitrogen and oxygen atoms in total. The van der Waals surface area contributed by atoms with Crippen LogP contribution in [0.4, 0.5) is 10.1 Å². The highest BCUT2D eigenvalue weighted by Gasteiger charge is 2.28. The first-order valence-corrected chi connectivity index (χ1v) is 12.6. The predicted molar refractivity (Wildman–Crippen MR) is 138 cm³/mol. The molecule has 0 unspecified atom stereocenters. The van der Waals surface area contributed by atoms with Crippen molar-refractivity contribution in [2.45, 2.75) is 25.8 Å². The molecule has 0 amide bonds. The number of anilines is 1. The van der Waals surface area contributed by atoms with E-state index in [-0.39, 0.29) is 22.8 Å². The summed E-state index contributed by atoms with van der Waals surface area (Å²) < 4.78 is 18.2. The van der Waals surface area contributed by atoms with E-state index in [1.807, 2.05) is 28.8 Å². The predicted octanol–water partition coefficient (Wildman–Crippen LogP) is 5.28. The summed E-state index contributed by atoms with van der Waals surface area (Å²) in [5, 5.41) is 0.267. The molecule has 5 rings (SSSR count). The smallest absolute Gasteiger partial charge is 0.200 e. The van der Waals surface area contributed by atoms with Gasteiger partial charge in [-0.3, -0.25) is 9.59 Å². The van der Waals surface area contributed by atoms with Crippen LogP contribution in [0.3, 0.4) is 0 Å². The molecule has 3 aromatic rings. The van der Waals surface area contributed by atoms with Gasteiger partial charge < -0.3 is 14.4 Å². The molecule has 1 aromatic heterocycles. The number of hydrogen-bond acceptors (Lipinski definition) is 4. The second-order valence-corrected chi connectivity index (χ2v) is 9.92. The van der Waals surface area contributed by atoms with Crippen LogP contribution >= 0.6 is 15.9 Å². The lowest BCUT2D eigenvalue weighted by Crippen LogP contribution is -2.46. The Morgan fingerprint density at radius 2 is 1.82 bits per heavy atom. The summed E-state index contributed by atoms with van der Waals surface area (Å²) in [4.78, 5) is 30.7. The number of hydrogen-bond donors (Lipinski definition) is 0. The number of halogens is 2. The van der Waals surface area contributed by atoms with Crippen molar-refractivity contribution in [3.63, 3.8) is 0 Å². The van der Waals surface area contributed by atoms with Crippen molar-refractivity contribution < 1.29 is 9.18 Å². The molecule has 1 aliphatic carbocycles. The number of aromatic nitrogens is 1. The van der Waals surface area contributed by atoms with E-state index < -0.39 is 11.2 Å². The van der Waals surface area contributed by atoms with Gasteiger partial charge in [-0.1, -0.05) is 41.1 Å². The number of nitrogens with zero attached hydrogens (tertiary/aromatic N) is 3. The number of ketones is 1. The Hall–Kier alpha value is -2.77. The number of rotatable bonds is 6. The monoisotopic (exact) mass is 523 g/mol. The summed E-state index contributed by atoms with van der Waals surface area (Å²) in [6.45, 7) is 6.40. The third kappa shape index (κ3) is 4.59. The zero-order chi connectivity index (χ0) is 23.8. The molecule has 2 heterocycles. The van der Waals surface area contributed by atoms with Crippen molar-refractivity contribution in [1.29, 1.82) is 0 Å². The van der Waals surface area contributed by atoms with Gasteiger partial charge in [-0.25, -0.2) is 4.39 Å².